The van der Waals surface area contributed by atoms with E-state index < -0.39 is 0 Å². The molecule has 0 aliphatic carbocycles. The SMILES string of the molecule is N#CCc1ccnc2nncn12. The maximum atomic E-state index is 8.49. The van der Waals surface area contributed by atoms with Gasteiger partial charge in [0.05, 0.1) is 12.5 Å². The van der Waals surface area contributed by atoms with Crippen LogP contribution in [0.25, 0.3) is 5.78 Å². The Balaban J connectivity index is 2.67. The monoisotopic (exact) mass is 159 g/mol. The van der Waals surface area contributed by atoms with Crippen molar-refractivity contribution in [2.24, 2.45) is 0 Å². The summed E-state index contributed by atoms with van der Waals surface area (Å²) in [6, 6.07) is 3.84. The average Bonchev–Trinajstić information content (AvgIpc) is 2.53. The standard InChI is InChI=1S/C7H5N5/c8-3-1-6-2-4-9-7-11-10-5-12(6)7/h2,4-5H,1H2. The number of hydrogen-bond acceptors (Lipinski definition) is 4. The molecular weight excluding hydrogens is 154 g/mol. The zero-order valence-corrected chi connectivity index (χ0v) is 6.18. The topological polar surface area (TPSA) is 66.9 Å². The Hall–Kier alpha value is -1.96. The molecule has 0 bridgehead atoms. The quantitative estimate of drug-likeness (QED) is 0.595. The Kier molecular flexibility index (Phi) is 1.45. The lowest BCUT2D eigenvalue weighted by Crippen LogP contribution is -1.95. The van der Waals surface area contributed by atoms with Crippen molar-refractivity contribution in [2.45, 2.75) is 6.42 Å². The van der Waals surface area contributed by atoms with Gasteiger partial charge in [0.25, 0.3) is 5.78 Å². The molecule has 2 rings (SSSR count). The van der Waals surface area contributed by atoms with Crippen LogP contribution in [0.2, 0.25) is 0 Å². The van der Waals surface area contributed by atoms with Crippen molar-refractivity contribution >= 4 is 5.78 Å². The zero-order valence-electron chi connectivity index (χ0n) is 6.18. The van der Waals surface area contributed by atoms with Crippen molar-refractivity contribution < 1.29 is 0 Å². The first-order valence-corrected chi connectivity index (χ1v) is 3.42. The van der Waals surface area contributed by atoms with Crippen LogP contribution < -0.4 is 0 Å². The first kappa shape index (κ1) is 6.73. The largest absolute Gasteiger partial charge is 0.269 e. The minimum atomic E-state index is 0.344. The number of nitriles is 1. The summed E-state index contributed by atoms with van der Waals surface area (Å²) < 4.78 is 1.70. The summed E-state index contributed by atoms with van der Waals surface area (Å²) in [5, 5.41) is 15.9. The van der Waals surface area contributed by atoms with Gasteiger partial charge >= 0.3 is 0 Å². The van der Waals surface area contributed by atoms with Gasteiger partial charge in [-0.25, -0.2) is 4.98 Å². The highest BCUT2D eigenvalue weighted by Gasteiger charge is 2.00. The van der Waals surface area contributed by atoms with Crippen LogP contribution in [0.3, 0.4) is 0 Å². The maximum absolute atomic E-state index is 8.49. The second-order valence-corrected chi connectivity index (χ2v) is 2.27. The number of aromatic nitrogens is 4. The van der Waals surface area contributed by atoms with Gasteiger partial charge in [-0.05, 0) is 6.07 Å². The lowest BCUT2D eigenvalue weighted by atomic mass is 10.3. The van der Waals surface area contributed by atoms with Crippen LogP contribution in [0.5, 0.6) is 0 Å². The summed E-state index contributed by atoms with van der Waals surface area (Å²) in [5.41, 5.74) is 0.854. The summed E-state index contributed by atoms with van der Waals surface area (Å²) in [6.07, 6.45) is 3.52. The molecule has 0 atom stereocenters. The molecule has 0 fully saturated rings. The molecule has 2 aromatic heterocycles. The van der Waals surface area contributed by atoms with Crippen molar-refractivity contribution in [3.63, 3.8) is 0 Å². The van der Waals surface area contributed by atoms with Crippen LogP contribution >= 0.6 is 0 Å². The molecule has 0 spiro atoms. The van der Waals surface area contributed by atoms with E-state index in [0.717, 1.165) is 5.69 Å². The fraction of sp³-hybridized carbons (Fsp3) is 0.143. The van der Waals surface area contributed by atoms with Gasteiger partial charge in [-0.1, -0.05) is 0 Å². The average molecular weight is 159 g/mol. The van der Waals surface area contributed by atoms with Crippen LogP contribution in [-0.4, -0.2) is 19.6 Å². The highest BCUT2D eigenvalue weighted by atomic mass is 15.3. The van der Waals surface area contributed by atoms with Gasteiger partial charge in [-0.15, -0.1) is 10.2 Å². The minimum absolute atomic E-state index is 0.344. The van der Waals surface area contributed by atoms with Gasteiger partial charge in [0.1, 0.15) is 6.33 Å². The van der Waals surface area contributed by atoms with E-state index in [1.807, 2.05) is 0 Å². The molecule has 2 heterocycles. The molecule has 0 N–H and O–H groups in total. The third-order valence-electron chi connectivity index (χ3n) is 1.56. The van der Waals surface area contributed by atoms with Crippen molar-refractivity contribution in [3.8, 4) is 6.07 Å². The van der Waals surface area contributed by atoms with Crippen LogP contribution in [0.15, 0.2) is 18.6 Å². The molecule has 5 nitrogen and oxygen atoms in total. The van der Waals surface area contributed by atoms with E-state index in [4.69, 9.17) is 5.26 Å². The van der Waals surface area contributed by atoms with E-state index in [1.165, 1.54) is 0 Å². The van der Waals surface area contributed by atoms with Crippen molar-refractivity contribution in [1.82, 2.24) is 19.6 Å². The number of fused-ring (bicyclic) bond motifs is 1. The van der Waals surface area contributed by atoms with E-state index in [1.54, 1.807) is 23.0 Å². The molecule has 5 heteroatoms. The summed E-state index contributed by atoms with van der Waals surface area (Å²) in [4.78, 5) is 3.96. The molecule has 0 unspecified atom stereocenters. The first-order valence-electron chi connectivity index (χ1n) is 3.42. The van der Waals surface area contributed by atoms with Gasteiger partial charge in [0.15, 0.2) is 0 Å². The van der Waals surface area contributed by atoms with Crippen molar-refractivity contribution in [1.29, 1.82) is 5.26 Å². The smallest absolute Gasteiger partial charge is 0.254 e. The Morgan fingerprint density at radius 3 is 3.33 bits per heavy atom. The predicted molar refractivity (Wildman–Crippen MR) is 40.1 cm³/mol. The molecule has 0 aliphatic rings. The Morgan fingerprint density at radius 1 is 1.58 bits per heavy atom. The molecule has 12 heavy (non-hydrogen) atoms. The van der Waals surface area contributed by atoms with E-state index in [9.17, 15) is 0 Å². The van der Waals surface area contributed by atoms with E-state index in [-0.39, 0.29) is 0 Å². The highest BCUT2D eigenvalue weighted by Crippen LogP contribution is 2.00. The number of hydrogen-bond donors (Lipinski definition) is 0. The minimum Gasteiger partial charge on any atom is -0.269 e. The van der Waals surface area contributed by atoms with Gasteiger partial charge in [0.2, 0.25) is 0 Å². The van der Waals surface area contributed by atoms with Crippen LogP contribution in [-0.2, 0) is 6.42 Å². The van der Waals surface area contributed by atoms with E-state index in [2.05, 4.69) is 21.3 Å². The van der Waals surface area contributed by atoms with Gasteiger partial charge in [-0.2, -0.15) is 5.26 Å². The van der Waals surface area contributed by atoms with Gasteiger partial charge in [-0.3, -0.25) is 4.40 Å². The maximum Gasteiger partial charge on any atom is 0.254 e. The van der Waals surface area contributed by atoms with E-state index in [0.29, 0.717) is 12.2 Å². The van der Waals surface area contributed by atoms with Gasteiger partial charge < -0.3 is 0 Å². The Morgan fingerprint density at radius 2 is 2.50 bits per heavy atom. The molecule has 0 aromatic carbocycles. The van der Waals surface area contributed by atoms with Crippen LogP contribution in [0.4, 0.5) is 0 Å². The molecule has 2 aromatic rings. The summed E-state index contributed by atoms with van der Waals surface area (Å²) in [6.45, 7) is 0. The Bertz CT molecular complexity index is 438. The molecular formula is C7H5N5. The van der Waals surface area contributed by atoms with Crippen molar-refractivity contribution in [3.05, 3.63) is 24.3 Å². The van der Waals surface area contributed by atoms with Crippen molar-refractivity contribution in [2.75, 3.05) is 0 Å². The normalized spacial score (nSPS) is 9.92. The van der Waals surface area contributed by atoms with Crippen LogP contribution in [0.1, 0.15) is 5.69 Å². The van der Waals surface area contributed by atoms with Gasteiger partial charge in [0, 0.05) is 11.9 Å². The molecule has 58 valence electrons. The number of nitrogens with zero attached hydrogens (tertiary/aromatic N) is 5. The highest BCUT2D eigenvalue weighted by molar-refractivity contribution is 5.28. The predicted octanol–water partition coefficient (Wildman–Crippen LogP) is 0.190. The fourth-order valence-corrected chi connectivity index (χ4v) is 1.01. The summed E-state index contributed by atoms with van der Waals surface area (Å²) in [7, 11) is 0. The summed E-state index contributed by atoms with van der Waals surface area (Å²) in [5.74, 6) is 0.530. The molecule has 0 saturated heterocycles. The molecule has 0 amide bonds. The molecule has 0 aliphatic heterocycles. The number of rotatable bonds is 1. The Labute approximate surface area is 68.3 Å². The first-order chi connectivity index (χ1) is 5.92. The third kappa shape index (κ3) is 0.900. The molecule has 0 saturated carbocycles. The fourth-order valence-electron chi connectivity index (χ4n) is 1.01. The third-order valence-corrected chi connectivity index (χ3v) is 1.56. The zero-order chi connectivity index (χ0) is 8.39. The second kappa shape index (κ2) is 2.58. The second-order valence-electron chi connectivity index (χ2n) is 2.27. The molecule has 0 radical (unpaired) electrons. The lowest BCUT2D eigenvalue weighted by molar-refractivity contribution is 0.997. The lowest BCUT2D eigenvalue weighted by Gasteiger charge is -1.96. The van der Waals surface area contributed by atoms with E-state index >= 15 is 0 Å². The van der Waals surface area contributed by atoms with Crippen LogP contribution in [0, 0.1) is 11.3 Å². The summed E-state index contributed by atoms with van der Waals surface area (Å²) >= 11 is 0.